The van der Waals surface area contributed by atoms with E-state index in [1.54, 1.807) is 37.4 Å². The van der Waals surface area contributed by atoms with Crippen LogP contribution in [0.1, 0.15) is 80.0 Å². The average molecular weight is 494 g/mol. The molecule has 0 unspecified atom stereocenters. The lowest BCUT2D eigenvalue weighted by Crippen LogP contribution is -2.23. The predicted molar refractivity (Wildman–Crippen MR) is 138 cm³/mol. The Morgan fingerprint density at radius 3 is 2.43 bits per heavy atom. The molecule has 5 rings (SSSR count). The van der Waals surface area contributed by atoms with Crippen molar-refractivity contribution in [2.45, 2.75) is 76.3 Å². The largest absolute Gasteiger partial charge is 0.348 e. The number of nitrogens with one attached hydrogen (secondary N) is 1. The average Bonchev–Trinajstić information content (AvgIpc) is 3.64. The maximum atomic E-state index is 12.9. The molecule has 2 aliphatic rings. The van der Waals surface area contributed by atoms with Gasteiger partial charge in [-0.1, -0.05) is 38.8 Å². The highest BCUT2D eigenvalue weighted by molar-refractivity contribution is 7.91. The third kappa shape index (κ3) is 5.30. The number of amides is 1. The van der Waals surface area contributed by atoms with Crippen molar-refractivity contribution in [1.82, 2.24) is 14.9 Å². The van der Waals surface area contributed by atoms with Crippen LogP contribution >= 0.6 is 0 Å². The van der Waals surface area contributed by atoms with Crippen molar-refractivity contribution in [2.75, 3.05) is 5.75 Å². The topological polar surface area (TPSA) is 81.1 Å². The van der Waals surface area contributed by atoms with Crippen molar-refractivity contribution in [3.8, 4) is 0 Å². The van der Waals surface area contributed by atoms with Gasteiger partial charge in [0.2, 0.25) is 0 Å². The highest BCUT2D eigenvalue weighted by Gasteiger charge is 2.29. The van der Waals surface area contributed by atoms with Crippen LogP contribution in [0.25, 0.3) is 11.0 Å². The Labute approximate surface area is 208 Å². The van der Waals surface area contributed by atoms with Crippen LogP contribution in [0.2, 0.25) is 0 Å². The lowest BCUT2D eigenvalue weighted by Gasteiger charge is -2.26. The van der Waals surface area contributed by atoms with Gasteiger partial charge in [-0.25, -0.2) is 13.4 Å². The van der Waals surface area contributed by atoms with Crippen LogP contribution in [-0.2, 0) is 22.8 Å². The minimum atomic E-state index is -3.22. The fourth-order valence-corrected chi connectivity index (χ4v) is 6.17. The fourth-order valence-electron chi connectivity index (χ4n) is 5.28. The smallest absolute Gasteiger partial charge is 0.253 e. The van der Waals surface area contributed by atoms with E-state index in [9.17, 15) is 13.2 Å². The molecular weight excluding hydrogens is 458 g/mol. The molecule has 2 saturated carbocycles. The van der Waals surface area contributed by atoms with E-state index in [2.05, 4.69) is 22.9 Å². The zero-order valence-electron chi connectivity index (χ0n) is 20.7. The predicted octanol–water partition coefficient (Wildman–Crippen LogP) is 5.46. The van der Waals surface area contributed by atoms with Gasteiger partial charge >= 0.3 is 0 Å². The number of fused-ring (bicyclic) bond motifs is 1. The number of carbonyl (C=O) groups is 1. The minimum absolute atomic E-state index is 0.0720. The van der Waals surface area contributed by atoms with Gasteiger partial charge in [0.25, 0.3) is 5.91 Å². The first kappa shape index (κ1) is 24.0. The van der Waals surface area contributed by atoms with Crippen LogP contribution in [0.15, 0.2) is 47.5 Å². The van der Waals surface area contributed by atoms with Crippen molar-refractivity contribution in [1.29, 1.82) is 0 Å². The number of pyridine rings is 1. The normalized spacial score (nSPS) is 20.7. The van der Waals surface area contributed by atoms with E-state index in [1.165, 1.54) is 44.2 Å². The molecule has 2 aromatic heterocycles. The number of hydrogen-bond donors (Lipinski definition) is 1. The summed E-state index contributed by atoms with van der Waals surface area (Å²) < 4.78 is 26.4. The number of nitrogens with zero attached hydrogens (tertiary/aromatic N) is 2. The summed E-state index contributed by atoms with van der Waals surface area (Å²) in [5.41, 5.74) is 3.77. The summed E-state index contributed by atoms with van der Waals surface area (Å²) in [7, 11) is -3.22. The van der Waals surface area contributed by atoms with Gasteiger partial charge in [-0.15, -0.1) is 0 Å². The van der Waals surface area contributed by atoms with E-state index in [1.807, 2.05) is 6.07 Å². The van der Waals surface area contributed by atoms with Crippen LogP contribution in [0.5, 0.6) is 0 Å². The zero-order chi connectivity index (χ0) is 24.6. The second kappa shape index (κ2) is 9.76. The van der Waals surface area contributed by atoms with Gasteiger partial charge in [-0.3, -0.25) is 4.79 Å². The standard InChI is InChI=1S/C28H35N3O3S/c1-3-35(33,34)26-12-8-21(9-13-26)17-30-28(32)23-15-22-16-25(14-20-6-4-19(2)5-7-20)31(24-10-11-24)27(22)29-18-23/h8-9,12-13,15-16,18-20,24H,3-7,10-11,14,17H2,1-2H3,(H,30,32). The van der Waals surface area contributed by atoms with Crippen LogP contribution in [0.3, 0.4) is 0 Å². The van der Waals surface area contributed by atoms with E-state index in [-0.39, 0.29) is 11.7 Å². The summed E-state index contributed by atoms with van der Waals surface area (Å²) in [6.07, 6.45) is 10.5. The second-order valence-corrected chi connectivity index (χ2v) is 12.7. The van der Waals surface area contributed by atoms with E-state index in [4.69, 9.17) is 4.98 Å². The van der Waals surface area contributed by atoms with Gasteiger partial charge in [0, 0.05) is 29.9 Å². The Bertz CT molecular complexity index is 1320. The van der Waals surface area contributed by atoms with Gasteiger partial charge in [0.1, 0.15) is 5.65 Å². The molecule has 0 atom stereocenters. The number of hydrogen-bond acceptors (Lipinski definition) is 4. The molecule has 0 spiro atoms. The molecule has 2 fully saturated rings. The SMILES string of the molecule is CCS(=O)(=O)c1ccc(CNC(=O)c2cnc3c(c2)cc(CC2CCC(C)CC2)n3C2CC2)cc1. The highest BCUT2D eigenvalue weighted by atomic mass is 32.2. The third-order valence-electron chi connectivity index (χ3n) is 7.68. The van der Waals surface area contributed by atoms with E-state index < -0.39 is 9.84 Å². The number of rotatable bonds is 8. The molecule has 0 bridgehead atoms. The Balaban J connectivity index is 1.29. The van der Waals surface area contributed by atoms with Gasteiger partial charge in [-0.05, 0) is 73.8 Å². The summed E-state index contributed by atoms with van der Waals surface area (Å²) >= 11 is 0. The Morgan fingerprint density at radius 1 is 1.06 bits per heavy atom. The molecule has 0 radical (unpaired) electrons. The van der Waals surface area contributed by atoms with E-state index in [0.29, 0.717) is 23.0 Å². The van der Waals surface area contributed by atoms with Crippen molar-refractivity contribution in [3.63, 3.8) is 0 Å². The van der Waals surface area contributed by atoms with Crippen molar-refractivity contribution in [2.24, 2.45) is 11.8 Å². The second-order valence-electron chi connectivity index (χ2n) is 10.4. The molecule has 2 aliphatic carbocycles. The Morgan fingerprint density at radius 2 is 1.77 bits per heavy atom. The summed E-state index contributed by atoms with van der Waals surface area (Å²) in [4.78, 5) is 17.9. The molecule has 3 aromatic rings. The quantitative estimate of drug-likeness (QED) is 0.452. The fraction of sp³-hybridized carbons (Fsp3) is 0.500. The molecule has 1 N–H and O–H groups in total. The van der Waals surface area contributed by atoms with E-state index in [0.717, 1.165) is 34.9 Å². The van der Waals surface area contributed by atoms with Crippen LogP contribution in [-0.4, -0.2) is 29.6 Å². The van der Waals surface area contributed by atoms with Crippen LogP contribution < -0.4 is 5.32 Å². The van der Waals surface area contributed by atoms with Gasteiger partial charge in [-0.2, -0.15) is 0 Å². The lowest BCUT2D eigenvalue weighted by atomic mass is 9.81. The number of carbonyl (C=O) groups excluding carboxylic acids is 1. The summed E-state index contributed by atoms with van der Waals surface area (Å²) in [5.74, 6) is 1.49. The van der Waals surface area contributed by atoms with Crippen LogP contribution in [0.4, 0.5) is 0 Å². The Kier molecular flexibility index (Phi) is 6.71. The number of aromatic nitrogens is 2. The molecular formula is C28H35N3O3S. The molecule has 0 saturated heterocycles. The zero-order valence-corrected chi connectivity index (χ0v) is 21.5. The molecule has 2 heterocycles. The first-order valence-electron chi connectivity index (χ1n) is 12.9. The molecule has 1 amide bonds. The first-order chi connectivity index (χ1) is 16.8. The highest BCUT2D eigenvalue weighted by Crippen LogP contribution is 2.41. The molecule has 1 aromatic carbocycles. The van der Waals surface area contributed by atoms with Crippen molar-refractivity contribution >= 4 is 26.8 Å². The van der Waals surface area contributed by atoms with Gasteiger partial charge in [0.15, 0.2) is 9.84 Å². The summed E-state index contributed by atoms with van der Waals surface area (Å²) in [6, 6.07) is 11.5. The number of benzene rings is 1. The lowest BCUT2D eigenvalue weighted by molar-refractivity contribution is 0.0950. The Hall–Kier alpha value is -2.67. The first-order valence-corrected chi connectivity index (χ1v) is 14.6. The number of sulfone groups is 1. The van der Waals surface area contributed by atoms with Crippen molar-refractivity contribution < 1.29 is 13.2 Å². The maximum absolute atomic E-state index is 12.9. The maximum Gasteiger partial charge on any atom is 0.253 e. The molecule has 6 nitrogen and oxygen atoms in total. The van der Waals surface area contributed by atoms with Gasteiger partial charge in [0.05, 0.1) is 16.2 Å². The van der Waals surface area contributed by atoms with Crippen LogP contribution in [0, 0.1) is 11.8 Å². The summed E-state index contributed by atoms with van der Waals surface area (Å²) in [6.45, 7) is 4.32. The van der Waals surface area contributed by atoms with Gasteiger partial charge < -0.3 is 9.88 Å². The van der Waals surface area contributed by atoms with E-state index >= 15 is 0 Å². The molecule has 186 valence electrons. The minimum Gasteiger partial charge on any atom is -0.348 e. The third-order valence-corrected chi connectivity index (χ3v) is 9.43. The monoisotopic (exact) mass is 493 g/mol. The molecule has 35 heavy (non-hydrogen) atoms. The van der Waals surface area contributed by atoms with Crippen molar-refractivity contribution in [3.05, 3.63) is 59.4 Å². The molecule has 7 heteroatoms. The summed E-state index contributed by atoms with van der Waals surface area (Å²) in [5, 5.41) is 3.98. The molecule has 0 aliphatic heterocycles.